The Morgan fingerprint density at radius 3 is 2.17 bits per heavy atom. The van der Waals surface area contributed by atoms with Gasteiger partial charge in [-0.15, -0.1) is 0 Å². The summed E-state index contributed by atoms with van der Waals surface area (Å²) in [5.74, 6) is 0. The van der Waals surface area contributed by atoms with E-state index in [1.165, 1.54) is 31.2 Å². The zero-order chi connectivity index (χ0) is 15.1. The molecular weight excluding hydrogens is 282 g/mol. The van der Waals surface area contributed by atoms with Crippen LogP contribution in [0.2, 0.25) is 0 Å². The van der Waals surface area contributed by atoms with Gasteiger partial charge in [-0.05, 0) is 49.3 Å². The molecule has 0 bridgehead atoms. The monoisotopic (exact) mass is 314 g/mol. The summed E-state index contributed by atoms with van der Waals surface area (Å²) in [7, 11) is 0. The Morgan fingerprint density at radius 1 is 0.913 bits per heavy atom. The van der Waals surface area contributed by atoms with Crippen LogP contribution in [-0.2, 0) is 12.8 Å². The molecule has 0 unspecified atom stereocenters. The van der Waals surface area contributed by atoms with Gasteiger partial charge in [-0.25, -0.2) is 0 Å². The fourth-order valence-corrected chi connectivity index (χ4v) is 2.70. The van der Waals surface area contributed by atoms with Gasteiger partial charge >= 0.3 is 0 Å². The summed E-state index contributed by atoms with van der Waals surface area (Å²) in [6.07, 6.45) is 6.97. The van der Waals surface area contributed by atoms with Gasteiger partial charge in [0.2, 0.25) is 0 Å². The van der Waals surface area contributed by atoms with Crippen LogP contribution >= 0.6 is 0 Å². The number of para-hydroxylation sites is 1. The van der Waals surface area contributed by atoms with Crippen LogP contribution in [0.4, 0.5) is 5.69 Å². The molecule has 2 aromatic carbocycles. The molecule has 0 fully saturated rings. The van der Waals surface area contributed by atoms with Gasteiger partial charge < -0.3 is 0 Å². The second-order valence-corrected chi connectivity index (χ2v) is 5.36. The van der Waals surface area contributed by atoms with E-state index in [0.717, 1.165) is 10.4 Å². The number of hydrogen-bond acceptors (Lipinski definition) is 1. The maximum absolute atomic E-state index is 9.11. The predicted octanol–water partition coefficient (Wildman–Crippen LogP) is 5.96. The van der Waals surface area contributed by atoms with Crippen molar-refractivity contribution in [3.63, 3.8) is 0 Å². The van der Waals surface area contributed by atoms with Gasteiger partial charge in [-0.1, -0.05) is 51.3 Å². The molecule has 0 aliphatic heterocycles. The number of hydrogen-bond donors (Lipinski definition) is 1. The van der Waals surface area contributed by atoms with Crippen molar-refractivity contribution in [2.24, 2.45) is 0 Å². The molecule has 23 heavy (non-hydrogen) atoms. The van der Waals surface area contributed by atoms with Gasteiger partial charge in [0, 0.05) is 23.8 Å². The first-order valence-corrected chi connectivity index (χ1v) is 7.62. The Labute approximate surface area is 142 Å². The number of benzene rings is 2. The quantitative estimate of drug-likeness (QED) is 0.298. The number of aryl methyl sites for hydroxylation is 2. The predicted molar refractivity (Wildman–Crippen MR) is 101 cm³/mol. The van der Waals surface area contributed by atoms with E-state index >= 15 is 0 Å². The van der Waals surface area contributed by atoms with Crippen LogP contribution in [0, 0.1) is 6.92 Å². The van der Waals surface area contributed by atoms with E-state index in [9.17, 15) is 0 Å². The summed E-state index contributed by atoms with van der Waals surface area (Å²) in [4.78, 5) is 0. The molecular formula is C21H32NO+. The van der Waals surface area contributed by atoms with E-state index < -0.39 is 0 Å². The highest BCUT2D eigenvalue weighted by Gasteiger charge is 2.09. The maximum atomic E-state index is 9.11. The third-order valence-electron chi connectivity index (χ3n) is 3.90. The van der Waals surface area contributed by atoms with Crippen molar-refractivity contribution < 1.29 is 9.95 Å². The number of nitrogens with zero attached hydrogens (tertiary/aromatic N) is 1. The molecule has 0 aromatic heterocycles. The minimum atomic E-state index is 0. The fraction of sp³-hybridized carbons (Fsp3) is 0.381. The average Bonchev–Trinajstić information content (AvgIpc) is 2.56. The highest BCUT2D eigenvalue weighted by Crippen LogP contribution is 2.23. The van der Waals surface area contributed by atoms with Crippen LogP contribution in [-0.4, -0.2) is 16.2 Å². The van der Waals surface area contributed by atoms with Gasteiger partial charge in [-0.2, -0.15) is 0 Å². The van der Waals surface area contributed by atoms with Crippen molar-refractivity contribution in [3.05, 3.63) is 65.2 Å². The first-order valence-electron chi connectivity index (χ1n) is 7.62. The zero-order valence-electron chi connectivity index (χ0n) is 12.9. The van der Waals surface area contributed by atoms with E-state index in [4.69, 9.17) is 5.21 Å². The van der Waals surface area contributed by atoms with Crippen LogP contribution in [0.1, 0.15) is 51.3 Å². The third kappa shape index (κ3) is 5.90. The lowest BCUT2D eigenvalue weighted by atomic mass is 9.89. The lowest BCUT2D eigenvalue weighted by Gasteiger charge is -2.17. The molecule has 0 spiro atoms. The van der Waals surface area contributed by atoms with Crippen LogP contribution in [0.3, 0.4) is 0 Å². The van der Waals surface area contributed by atoms with Gasteiger partial charge in [0.25, 0.3) is 5.69 Å². The summed E-state index contributed by atoms with van der Waals surface area (Å²) in [6.45, 7) is 4.00. The molecule has 2 aromatic rings. The van der Waals surface area contributed by atoms with E-state index in [1.807, 2.05) is 30.3 Å². The van der Waals surface area contributed by atoms with Crippen LogP contribution in [0.5, 0.6) is 0 Å². The highest BCUT2D eigenvalue weighted by atomic mass is 16.5. The van der Waals surface area contributed by atoms with Crippen molar-refractivity contribution in [1.82, 2.24) is 0 Å². The number of fused-ring (bicyclic) bond motifs is 1. The highest BCUT2D eigenvalue weighted by molar-refractivity contribution is 5.49. The van der Waals surface area contributed by atoms with E-state index in [1.54, 1.807) is 24.3 Å². The summed E-state index contributed by atoms with van der Waals surface area (Å²) >= 11 is 0. The first-order chi connectivity index (χ1) is 10.2. The largest absolute Gasteiger partial charge is 0.285 e. The minimum absolute atomic E-state index is 0. The molecule has 3 rings (SSSR count). The van der Waals surface area contributed by atoms with E-state index in [-0.39, 0.29) is 14.9 Å². The molecule has 0 heterocycles. The van der Waals surface area contributed by atoms with Crippen molar-refractivity contribution in [1.29, 1.82) is 0 Å². The fourth-order valence-electron chi connectivity index (χ4n) is 2.70. The standard InChI is InChI=1S/C11H14.C8H10NO.2CH4/c1-9-5-4-7-10-6-2-3-8-11(9)10;1-2-9(10)8-6-4-3-5-7-8;;/h4-5,7H,2-3,6,8H2,1H3;2-7,10H,1H3;2*1H4/q;+1;;/b;9-2-;;. The smallest absolute Gasteiger partial charge is 0.256 e. The lowest BCUT2D eigenvalue weighted by molar-refractivity contribution is -0.709. The Morgan fingerprint density at radius 2 is 1.57 bits per heavy atom. The lowest BCUT2D eigenvalue weighted by Crippen LogP contribution is -2.03. The van der Waals surface area contributed by atoms with Crippen molar-refractivity contribution in [2.45, 2.75) is 54.4 Å². The molecule has 0 radical (unpaired) electrons. The van der Waals surface area contributed by atoms with Crippen molar-refractivity contribution >= 4 is 11.9 Å². The van der Waals surface area contributed by atoms with Crippen LogP contribution in [0.15, 0.2) is 48.5 Å². The molecule has 1 aliphatic rings. The molecule has 1 N–H and O–H groups in total. The molecule has 0 amide bonds. The van der Waals surface area contributed by atoms with Gasteiger partial charge in [0.15, 0.2) is 6.21 Å². The topological polar surface area (TPSA) is 23.2 Å². The summed E-state index contributed by atoms with van der Waals surface area (Å²) in [5, 5.41) is 9.11. The summed E-state index contributed by atoms with van der Waals surface area (Å²) in [5.41, 5.74) is 5.49. The average molecular weight is 314 g/mol. The maximum Gasteiger partial charge on any atom is 0.256 e. The molecule has 0 atom stereocenters. The van der Waals surface area contributed by atoms with Gasteiger partial charge in [0.1, 0.15) is 0 Å². The van der Waals surface area contributed by atoms with E-state index in [0.29, 0.717) is 0 Å². The molecule has 1 aliphatic carbocycles. The summed E-state index contributed by atoms with van der Waals surface area (Å²) in [6, 6.07) is 16.0. The Balaban J connectivity index is 0.000000389. The Bertz CT molecular complexity index is 602. The molecule has 2 nitrogen and oxygen atoms in total. The molecule has 0 saturated carbocycles. The van der Waals surface area contributed by atoms with Gasteiger partial charge in [-0.3, -0.25) is 5.21 Å². The zero-order valence-corrected chi connectivity index (χ0v) is 12.9. The van der Waals surface area contributed by atoms with Crippen LogP contribution in [0.25, 0.3) is 0 Å². The van der Waals surface area contributed by atoms with Crippen molar-refractivity contribution in [2.75, 3.05) is 0 Å². The summed E-state index contributed by atoms with van der Waals surface area (Å²) < 4.78 is 1.08. The Hall–Kier alpha value is -2.09. The van der Waals surface area contributed by atoms with E-state index in [2.05, 4.69) is 25.1 Å². The second-order valence-electron chi connectivity index (χ2n) is 5.36. The normalized spacial score (nSPS) is 12.7. The Kier molecular flexibility index (Phi) is 9.64. The second kappa shape index (κ2) is 10.6. The first kappa shape index (κ1) is 20.9. The number of rotatable bonds is 1. The molecule has 0 saturated heterocycles. The molecule has 2 heteroatoms. The third-order valence-corrected chi connectivity index (χ3v) is 3.90. The van der Waals surface area contributed by atoms with Gasteiger partial charge in [0.05, 0.1) is 0 Å². The van der Waals surface area contributed by atoms with Crippen molar-refractivity contribution in [3.8, 4) is 0 Å². The minimum Gasteiger partial charge on any atom is -0.285 e. The molecule has 126 valence electrons. The SMILES string of the molecule is C.C.C/C=[N+](\O)c1ccccc1.Cc1cccc2c1CCCC2. The van der Waals surface area contributed by atoms with Crippen LogP contribution < -0.4 is 0 Å².